The summed E-state index contributed by atoms with van der Waals surface area (Å²) in [6.45, 7) is 6.05. The summed E-state index contributed by atoms with van der Waals surface area (Å²) in [5.41, 5.74) is -0.142. The molecule has 0 spiro atoms. The first-order chi connectivity index (χ1) is 7.94. The number of rotatable bonds is 2. The molecule has 2 aromatic heterocycles. The highest BCUT2D eigenvalue weighted by Crippen LogP contribution is 2.13. The number of aromatic nitrogens is 5. The van der Waals surface area contributed by atoms with Gasteiger partial charge in [-0.05, 0) is 32.4 Å². The fourth-order valence-corrected chi connectivity index (χ4v) is 1.38. The van der Waals surface area contributed by atoms with Gasteiger partial charge >= 0.3 is 0 Å². The van der Waals surface area contributed by atoms with Crippen LogP contribution in [0.1, 0.15) is 20.8 Å². The van der Waals surface area contributed by atoms with Crippen molar-refractivity contribution in [3.63, 3.8) is 0 Å². The maximum Gasteiger partial charge on any atom is 0.241 e. The highest BCUT2D eigenvalue weighted by Gasteiger charge is 2.13. The highest BCUT2D eigenvalue weighted by molar-refractivity contribution is 6.28. The molecule has 2 aromatic rings. The molecule has 0 bridgehead atoms. The molecule has 7 heteroatoms. The van der Waals surface area contributed by atoms with Crippen LogP contribution in [0.15, 0.2) is 18.7 Å². The number of anilines is 1. The minimum absolute atomic E-state index is 0.142. The number of nitrogens with zero attached hydrogens (tertiary/aromatic N) is 5. The van der Waals surface area contributed by atoms with Gasteiger partial charge in [-0.2, -0.15) is 15.0 Å². The Kier molecular flexibility index (Phi) is 2.97. The summed E-state index contributed by atoms with van der Waals surface area (Å²) in [5, 5.41) is 3.29. The van der Waals surface area contributed by atoms with Crippen LogP contribution >= 0.6 is 11.6 Å². The average Bonchev–Trinajstić information content (AvgIpc) is 2.65. The first-order valence-electron chi connectivity index (χ1n) is 5.12. The first kappa shape index (κ1) is 11.8. The molecule has 2 heterocycles. The summed E-state index contributed by atoms with van der Waals surface area (Å²) in [7, 11) is 0. The van der Waals surface area contributed by atoms with Crippen molar-refractivity contribution in [1.82, 2.24) is 24.5 Å². The van der Waals surface area contributed by atoms with E-state index in [0.29, 0.717) is 11.9 Å². The molecule has 90 valence electrons. The lowest BCUT2D eigenvalue weighted by molar-refractivity contribution is 0.624. The molecule has 1 N–H and O–H groups in total. The quantitative estimate of drug-likeness (QED) is 0.884. The van der Waals surface area contributed by atoms with E-state index in [1.165, 1.54) is 0 Å². The third-order valence-corrected chi connectivity index (χ3v) is 1.99. The van der Waals surface area contributed by atoms with E-state index >= 15 is 0 Å². The van der Waals surface area contributed by atoms with Crippen molar-refractivity contribution < 1.29 is 0 Å². The molecule has 0 aromatic carbocycles. The highest BCUT2D eigenvalue weighted by atomic mass is 35.5. The Balaban J connectivity index is 2.36. The Morgan fingerprint density at radius 1 is 1.24 bits per heavy atom. The van der Waals surface area contributed by atoms with Gasteiger partial charge in [-0.15, -0.1) is 0 Å². The molecule has 0 radical (unpaired) electrons. The van der Waals surface area contributed by atoms with Crippen LogP contribution in [0.3, 0.4) is 0 Å². The van der Waals surface area contributed by atoms with Crippen LogP contribution < -0.4 is 5.32 Å². The Hall–Kier alpha value is -1.69. The maximum absolute atomic E-state index is 5.86. The van der Waals surface area contributed by atoms with Crippen LogP contribution in [0, 0.1) is 0 Å². The van der Waals surface area contributed by atoms with E-state index in [9.17, 15) is 0 Å². The second-order valence-corrected chi connectivity index (χ2v) is 4.91. The molecule has 0 saturated heterocycles. The summed E-state index contributed by atoms with van der Waals surface area (Å²) in [6, 6.07) is 0. The number of hydrogen-bond donors (Lipinski definition) is 1. The number of halogens is 1. The number of hydrogen-bond acceptors (Lipinski definition) is 5. The van der Waals surface area contributed by atoms with E-state index < -0.39 is 0 Å². The van der Waals surface area contributed by atoms with Crippen molar-refractivity contribution >= 4 is 17.5 Å². The fraction of sp³-hybridized carbons (Fsp3) is 0.400. The van der Waals surface area contributed by atoms with Gasteiger partial charge in [0.25, 0.3) is 0 Å². The minimum Gasteiger partial charge on any atom is -0.349 e. The molecule has 0 fully saturated rings. The van der Waals surface area contributed by atoms with E-state index in [-0.39, 0.29) is 10.8 Å². The van der Waals surface area contributed by atoms with E-state index in [1.54, 1.807) is 23.3 Å². The Morgan fingerprint density at radius 2 is 2.00 bits per heavy atom. The zero-order valence-electron chi connectivity index (χ0n) is 9.85. The van der Waals surface area contributed by atoms with Gasteiger partial charge in [0, 0.05) is 17.9 Å². The zero-order chi connectivity index (χ0) is 12.5. The van der Waals surface area contributed by atoms with Crippen LogP contribution in [0.25, 0.3) is 5.95 Å². The standard InChI is InChI=1S/C10H13ClN6/c1-10(2,3)16-8-13-7(11)14-9(15-8)17-5-4-12-6-17/h4-6H,1-3H3,(H,13,14,15,16). The van der Waals surface area contributed by atoms with Gasteiger partial charge in [0.2, 0.25) is 17.2 Å². The molecular weight excluding hydrogens is 240 g/mol. The van der Waals surface area contributed by atoms with Crippen LogP contribution in [0.2, 0.25) is 5.28 Å². The molecule has 2 rings (SSSR count). The van der Waals surface area contributed by atoms with Crippen molar-refractivity contribution in [3.8, 4) is 5.95 Å². The summed E-state index contributed by atoms with van der Waals surface area (Å²) in [4.78, 5) is 16.3. The van der Waals surface area contributed by atoms with E-state index in [2.05, 4.69) is 25.3 Å². The average molecular weight is 253 g/mol. The first-order valence-corrected chi connectivity index (χ1v) is 5.50. The summed E-state index contributed by atoms with van der Waals surface area (Å²) >= 11 is 5.86. The lowest BCUT2D eigenvalue weighted by Crippen LogP contribution is -2.27. The Bertz CT molecular complexity index is 502. The van der Waals surface area contributed by atoms with Crippen LogP contribution in [-0.4, -0.2) is 30.0 Å². The SMILES string of the molecule is CC(C)(C)Nc1nc(Cl)nc(-n2ccnc2)n1. The molecule has 0 aliphatic heterocycles. The van der Waals surface area contributed by atoms with Gasteiger partial charge in [0.1, 0.15) is 6.33 Å². The van der Waals surface area contributed by atoms with Crippen molar-refractivity contribution in [2.24, 2.45) is 0 Å². The zero-order valence-corrected chi connectivity index (χ0v) is 10.6. The topological polar surface area (TPSA) is 68.5 Å². The molecule has 6 nitrogen and oxygen atoms in total. The van der Waals surface area contributed by atoms with Crippen molar-refractivity contribution in [2.75, 3.05) is 5.32 Å². The molecule has 0 saturated carbocycles. The van der Waals surface area contributed by atoms with Crippen molar-refractivity contribution in [2.45, 2.75) is 26.3 Å². The smallest absolute Gasteiger partial charge is 0.241 e. The fourth-order valence-electron chi connectivity index (χ4n) is 1.22. The van der Waals surface area contributed by atoms with Crippen molar-refractivity contribution in [1.29, 1.82) is 0 Å². The normalized spacial score (nSPS) is 11.5. The van der Waals surface area contributed by atoms with E-state index in [1.807, 2.05) is 20.8 Å². The predicted molar refractivity (Wildman–Crippen MR) is 65.3 cm³/mol. The molecule has 0 amide bonds. The third kappa shape index (κ3) is 3.13. The molecule has 0 aliphatic carbocycles. The van der Waals surface area contributed by atoms with E-state index in [4.69, 9.17) is 11.6 Å². The molecule has 0 unspecified atom stereocenters. The molecule has 0 atom stereocenters. The number of nitrogens with one attached hydrogen (secondary N) is 1. The lowest BCUT2D eigenvalue weighted by atomic mass is 10.1. The molecular formula is C10H13ClN6. The minimum atomic E-state index is -0.142. The largest absolute Gasteiger partial charge is 0.349 e. The summed E-state index contributed by atoms with van der Waals surface area (Å²) in [6.07, 6.45) is 4.99. The summed E-state index contributed by atoms with van der Waals surface area (Å²) in [5.74, 6) is 0.885. The van der Waals surface area contributed by atoms with Crippen LogP contribution in [0.4, 0.5) is 5.95 Å². The monoisotopic (exact) mass is 252 g/mol. The molecule has 0 aliphatic rings. The maximum atomic E-state index is 5.86. The summed E-state index contributed by atoms with van der Waals surface area (Å²) < 4.78 is 1.67. The van der Waals surface area contributed by atoms with Gasteiger partial charge < -0.3 is 5.32 Å². The van der Waals surface area contributed by atoms with Gasteiger partial charge in [0.05, 0.1) is 0 Å². The second-order valence-electron chi connectivity index (χ2n) is 4.57. The van der Waals surface area contributed by atoms with Crippen LogP contribution in [0.5, 0.6) is 0 Å². The lowest BCUT2D eigenvalue weighted by Gasteiger charge is -2.20. The third-order valence-electron chi connectivity index (χ3n) is 1.82. The van der Waals surface area contributed by atoms with Crippen molar-refractivity contribution in [3.05, 3.63) is 24.0 Å². The van der Waals surface area contributed by atoms with Gasteiger partial charge in [-0.3, -0.25) is 4.57 Å². The number of imidazole rings is 1. The Labute approximate surface area is 104 Å². The predicted octanol–water partition coefficient (Wildman–Crippen LogP) is 1.92. The Morgan fingerprint density at radius 3 is 2.59 bits per heavy atom. The van der Waals surface area contributed by atoms with Gasteiger partial charge in [-0.1, -0.05) is 0 Å². The van der Waals surface area contributed by atoms with E-state index in [0.717, 1.165) is 0 Å². The van der Waals surface area contributed by atoms with Crippen LogP contribution in [-0.2, 0) is 0 Å². The van der Waals surface area contributed by atoms with Gasteiger partial charge in [-0.25, -0.2) is 4.98 Å². The molecule has 17 heavy (non-hydrogen) atoms. The van der Waals surface area contributed by atoms with Gasteiger partial charge in [0.15, 0.2) is 0 Å². The second kappa shape index (κ2) is 4.29.